The third-order valence-electron chi connectivity index (χ3n) is 5.09. The van der Waals surface area contributed by atoms with Gasteiger partial charge in [0.2, 0.25) is 6.29 Å². The van der Waals surface area contributed by atoms with E-state index in [1.165, 1.54) is 11.6 Å². The third-order valence-corrected chi connectivity index (χ3v) is 5.55. The summed E-state index contributed by atoms with van der Waals surface area (Å²) in [5.74, 6) is 0.0498. The van der Waals surface area contributed by atoms with Crippen LogP contribution in [0.5, 0.6) is 5.75 Å². The fourth-order valence-corrected chi connectivity index (χ4v) is 4.14. The van der Waals surface area contributed by atoms with Crippen LogP contribution in [0.3, 0.4) is 0 Å². The quantitative estimate of drug-likeness (QED) is 0.277. The van der Waals surface area contributed by atoms with Crippen LogP contribution in [0.1, 0.15) is 34.4 Å². The molecule has 0 amide bonds. The molecule has 4 rings (SSSR count). The Bertz CT molecular complexity index is 1180. The summed E-state index contributed by atoms with van der Waals surface area (Å²) in [5, 5.41) is 15.2. The summed E-state index contributed by atoms with van der Waals surface area (Å²) in [5.41, 5.74) is 2.87. The smallest absolute Gasteiger partial charge is 0.328 e. The van der Waals surface area contributed by atoms with Crippen LogP contribution >= 0.6 is 15.9 Å². The number of nitro groups is 1. The molecule has 1 atom stereocenters. The average Bonchev–Trinajstić information content (AvgIpc) is 3.05. The van der Waals surface area contributed by atoms with Gasteiger partial charge in [0.1, 0.15) is 30.3 Å². The van der Waals surface area contributed by atoms with Gasteiger partial charge in [-0.25, -0.2) is 0 Å². The second-order valence-corrected chi connectivity index (χ2v) is 8.24. The van der Waals surface area contributed by atoms with Crippen molar-refractivity contribution in [3.05, 3.63) is 85.1 Å². The highest BCUT2D eigenvalue weighted by Gasteiger charge is 2.26. The van der Waals surface area contributed by atoms with Gasteiger partial charge in [-0.05, 0) is 26.0 Å². The second-order valence-electron chi connectivity index (χ2n) is 7.32. The van der Waals surface area contributed by atoms with Crippen molar-refractivity contribution in [1.82, 2.24) is 9.78 Å². The summed E-state index contributed by atoms with van der Waals surface area (Å²) in [7, 11) is 0. The number of halogens is 1. The maximum Gasteiger partial charge on any atom is 0.328 e. The van der Waals surface area contributed by atoms with Gasteiger partial charge in [-0.3, -0.25) is 19.6 Å². The number of aryl methyl sites for hydroxylation is 1. The molecule has 0 radical (unpaired) electrons. The lowest BCUT2D eigenvalue weighted by Gasteiger charge is -2.28. The first-order valence-electron chi connectivity index (χ1n) is 9.82. The highest BCUT2D eigenvalue weighted by atomic mass is 79.9. The van der Waals surface area contributed by atoms with E-state index in [4.69, 9.17) is 14.2 Å². The topological polar surface area (TPSA) is 106 Å². The van der Waals surface area contributed by atoms with E-state index in [1.807, 2.05) is 42.5 Å². The van der Waals surface area contributed by atoms with E-state index in [0.29, 0.717) is 23.6 Å². The molecule has 9 nitrogen and oxygen atoms in total. The van der Waals surface area contributed by atoms with Crippen LogP contribution in [0.15, 0.2) is 46.9 Å². The van der Waals surface area contributed by atoms with Gasteiger partial charge in [0, 0.05) is 21.2 Å². The van der Waals surface area contributed by atoms with Gasteiger partial charge in [-0.1, -0.05) is 46.3 Å². The summed E-state index contributed by atoms with van der Waals surface area (Å²) in [4.78, 5) is 23.1. The van der Waals surface area contributed by atoms with Crippen LogP contribution in [0.2, 0.25) is 0 Å². The van der Waals surface area contributed by atoms with Crippen LogP contribution in [0, 0.1) is 24.0 Å². The van der Waals surface area contributed by atoms with Gasteiger partial charge in [-0.15, -0.1) is 0 Å². The zero-order chi connectivity index (χ0) is 22.8. The molecule has 0 spiro atoms. The van der Waals surface area contributed by atoms with E-state index in [1.54, 1.807) is 6.92 Å². The molecule has 2 heterocycles. The average molecular weight is 502 g/mol. The molecule has 166 valence electrons. The van der Waals surface area contributed by atoms with Crippen LogP contribution < -0.4 is 4.74 Å². The minimum absolute atomic E-state index is 0.0243. The highest BCUT2D eigenvalue weighted by Crippen LogP contribution is 2.38. The van der Waals surface area contributed by atoms with E-state index in [9.17, 15) is 14.9 Å². The molecule has 0 saturated carbocycles. The summed E-state index contributed by atoms with van der Waals surface area (Å²) in [6, 6.07) is 13.3. The molecule has 1 aliphatic heterocycles. The first kappa shape index (κ1) is 22.0. The van der Waals surface area contributed by atoms with Crippen molar-refractivity contribution in [3.8, 4) is 5.75 Å². The van der Waals surface area contributed by atoms with E-state index in [-0.39, 0.29) is 24.5 Å². The van der Waals surface area contributed by atoms with E-state index in [2.05, 4.69) is 21.0 Å². The number of hydrogen-bond acceptors (Lipinski definition) is 7. The number of carbonyl (C=O) groups excluding carboxylic acids is 1. The fourth-order valence-electron chi connectivity index (χ4n) is 3.59. The van der Waals surface area contributed by atoms with Gasteiger partial charge in [0.25, 0.3) is 0 Å². The van der Waals surface area contributed by atoms with Crippen molar-refractivity contribution < 1.29 is 23.9 Å². The largest absolute Gasteiger partial charge is 0.460 e. The molecular weight excluding hydrogens is 482 g/mol. The van der Waals surface area contributed by atoms with Gasteiger partial charge in [0.15, 0.2) is 0 Å². The minimum Gasteiger partial charge on any atom is -0.460 e. The van der Waals surface area contributed by atoms with Crippen molar-refractivity contribution in [1.29, 1.82) is 0 Å². The van der Waals surface area contributed by atoms with Gasteiger partial charge in [-0.2, -0.15) is 5.10 Å². The maximum absolute atomic E-state index is 12.4. The monoisotopic (exact) mass is 501 g/mol. The first-order valence-corrected chi connectivity index (χ1v) is 10.6. The van der Waals surface area contributed by atoms with Crippen molar-refractivity contribution in [2.24, 2.45) is 0 Å². The van der Waals surface area contributed by atoms with Crippen molar-refractivity contribution >= 4 is 27.6 Å². The molecule has 1 aromatic heterocycles. The number of nitrogens with zero attached hydrogens (tertiary/aromatic N) is 3. The standard InChI is InChI=1S/C22H20BrN3O6/c1-13-20(26(28)29)14(2)25(24-13)10-19(27)30-11-16-8-18(23)9-17-12-31-22(32-21(16)17)15-6-4-3-5-7-15/h3-9,22H,10-12H2,1-2H3/t22-/m0/s1. The first-order chi connectivity index (χ1) is 15.3. The number of aromatic nitrogens is 2. The predicted molar refractivity (Wildman–Crippen MR) is 117 cm³/mol. The Morgan fingerprint density at radius 3 is 2.75 bits per heavy atom. The zero-order valence-electron chi connectivity index (χ0n) is 17.4. The number of rotatable bonds is 6. The lowest BCUT2D eigenvalue weighted by atomic mass is 10.1. The molecule has 0 N–H and O–H groups in total. The van der Waals surface area contributed by atoms with E-state index in [0.717, 1.165) is 15.6 Å². The Balaban J connectivity index is 1.48. The van der Waals surface area contributed by atoms with Gasteiger partial charge < -0.3 is 14.2 Å². The van der Waals surface area contributed by atoms with E-state index >= 15 is 0 Å². The number of fused-ring (bicyclic) bond motifs is 1. The molecule has 2 aromatic carbocycles. The fraction of sp³-hybridized carbons (Fsp3) is 0.273. The van der Waals surface area contributed by atoms with Gasteiger partial charge >= 0.3 is 11.7 Å². The molecule has 0 fully saturated rings. The van der Waals surface area contributed by atoms with E-state index < -0.39 is 17.2 Å². The Morgan fingerprint density at radius 1 is 1.31 bits per heavy atom. The molecule has 3 aromatic rings. The Morgan fingerprint density at radius 2 is 2.06 bits per heavy atom. The second kappa shape index (κ2) is 9.09. The lowest BCUT2D eigenvalue weighted by molar-refractivity contribution is -0.386. The SMILES string of the molecule is Cc1nn(CC(=O)OCc2cc(Br)cc3c2O[C@@H](c2ccccc2)OC3)c(C)c1[N+](=O)[O-]. The number of esters is 1. The third kappa shape index (κ3) is 4.51. The minimum atomic E-state index is -0.564. The summed E-state index contributed by atoms with van der Waals surface area (Å²) in [6.45, 7) is 3.18. The molecule has 10 heteroatoms. The Kier molecular flexibility index (Phi) is 6.24. The van der Waals surface area contributed by atoms with Gasteiger partial charge in [0.05, 0.1) is 11.5 Å². The number of benzene rings is 2. The zero-order valence-corrected chi connectivity index (χ0v) is 19.0. The lowest BCUT2D eigenvalue weighted by Crippen LogP contribution is -2.20. The maximum atomic E-state index is 12.4. The van der Waals surface area contributed by atoms with Crippen molar-refractivity contribution in [3.63, 3.8) is 0 Å². The number of carbonyl (C=O) groups is 1. The van der Waals surface area contributed by atoms with Crippen molar-refractivity contribution in [2.45, 2.75) is 39.9 Å². The van der Waals surface area contributed by atoms with Crippen LogP contribution in [-0.4, -0.2) is 20.7 Å². The molecule has 0 unspecified atom stereocenters. The van der Waals surface area contributed by atoms with Crippen LogP contribution in [-0.2, 0) is 34.0 Å². The molecule has 0 aliphatic carbocycles. The summed E-state index contributed by atoms with van der Waals surface area (Å²) < 4.78 is 19.5. The van der Waals surface area contributed by atoms with Crippen LogP contribution in [0.4, 0.5) is 5.69 Å². The normalized spacial score (nSPS) is 15.0. The molecular formula is C22H20BrN3O6. The highest BCUT2D eigenvalue weighted by molar-refractivity contribution is 9.10. The van der Waals surface area contributed by atoms with Crippen molar-refractivity contribution in [2.75, 3.05) is 0 Å². The summed E-state index contributed by atoms with van der Waals surface area (Å²) >= 11 is 3.47. The molecule has 0 bridgehead atoms. The van der Waals surface area contributed by atoms with Crippen LogP contribution in [0.25, 0.3) is 0 Å². The molecule has 32 heavy (non-hydrogen) atoms. The molecule has 1 aliphatic rings. The molecule has 0 saturated heterocycles. The predicted octanol–water partition coefficient (Wildman–Crippen LogP) is 4.52. The Labute approximate surface area is 192 Å². The number of hydrogen-bond donors (Lipinski definition) is 0. The Hall–Kier alpha value is -3.24. The summed E-state index contributed by atoms with van der Waals surface area (Å²) in [6.07, 6.45) is -0.561. The number of ether oxygens (including phenoxy) is 3.